The van der Waals surface area contributed by atoms with Crippen molar-refractivity contribution in [3.63, 3.8) is 0 Å². The third-order valence-corrected chi connectivity index (χ3v) is 3.23. The molecule has 0 radical (unpaired) electrons. The van der Waals surface area contributed by atoms with Gasteiger partial charge >= 0.3 is 12.0 Å². The Morgan fingerprint density at radius 2 is 2.10 bits per heavy atom. The first-order valence-corrected chi connectivity index (χ1v) is 6.81. The SMILES string of the molecule is CC(O)(CNC(=O)Nc1ccc(Cl)cc1Br)CC(=O)O. The molecule has 0 bridgehead atoms. The Bertz CT molecular complexity index is 522. The van der Waals surface area contributed by atoms with Gasteiger partial charge in [-0.3, -0.25) is 4.79 Å². The number of carboxylic acids is 1. The molecule has 1 unspecified atom stereocenters. The van der Waals surface area contributed by atoms with Crippen LogP contribution in [0, 0.1) is 0 Å². The quantitative estimate of drug-likeness (QED) is 0.644. The molecule has 0 aromatic heterocycles. The van der Waals surface area contributed by atoms with Crippen LogP contribution < -0.4 is 10.6 Å². The van der Waals surface area contributed by atoms with Gasteiger partial charge in [0.2, 0.25) is 0 Å². The number of benzene rings is 1. The number of halogens is 2. The summed E-state index contributed by atoms with van der Waals surface area (Å²) in [6.07, 6.45) is -0.460. The zero-order valence-corrected chi connectivity index (χ0v) is 13.0. The van der Waals surface area contributed by atoms with Crippen LogP contribution in [0.15, 0.2) is 22.7 Å². The lowest BCUT2D eigenvalue weighted by Crippen LogP contribution is -2.43. The summed E-state index contributed by atoms with van der Waals surface area (Å²) in [5.41, 5.74) is -1.01. The van der Waals surface area contributed by atoms with Crippen molar-refractivity contribution < 1.29 is 19.8 Å². The van der Waals surface area contributed by atoms with Gasteiger partial charge in [0.05, 0.1) is 17.7 Å². The fourth-order valence-corrected chi connectivity index (χ4v) is 2.20. The van der Waals surface area contributed by atoms with E-state index < -0.39 is 24.0 Å². The Hall–Kier alpha value is -1.31. The molecule has 0 aliphatic rings. The lowest BCUT2D eigenvalue weighted by Gasteiger charge is -2.21. The van der Waals surface area contributed by atoms with Gasteiger partial charge in [-0.05, 0) is 41.1 Å². The van der Waals surface area contributed by atoms with Crippen molar-refractivity contribution >= 4 is 45.2 Å². The number of hydrogen-bond donors (Lipinski definition) is 4. The molecule has 1 aromatic carbocycles. The first-order chi connectivity index (χ1) is 9.19. The van der Waals surface area contributed by atoms with Gasteiger partial charge in [-0.1, -0.05) is 11.6 Å². The van der Waals surface area contributed by atoms with Gasteiger partial charge in [0.25, 0.3) is 0 Å². The van der Waals surface area contributed by atoms with Crippen molar-refractivity contribution in [2.45, 2.75) is 18.9 Å². The number of hydrogen-bond acceptors (Lipinski definition) is 3. The molecular formula is C12H14BrClN2O4. The van der Waals surface area contributed by atoms with E-state index in [-0.39, 0.29) is 6.54 Å². The number of nitrogens with one attached hydrogen (secondary N) is 2. The first-order valence-electron chi connectivity index (χ1n) is 5.64. The van der Waals surface area contributed by atoms with Crippen LogP contribution in [-0.2, 0) is 4.79 Å². The molecule has 20 heavy (non-hydrogen) atoms. The van der Waals surface area contributed by atoms with E-state index in [1.54, 1.807) is 18.2 Å². The number of carboxylic acid groups (broad SMARTS) is 1. The van der Waals surface area contributed by atoms with Crippen molar-refractivity contribution in [3.05, 3.63) is 27.7 Å². The number of aliphatic hydroxyl groups is 1. The lowest BCUT2D eigenvalue weighted by molar-refractivity contribution is -0.141. The number of aliphatic carboxylic acids is 1. The number of urea groups is 1. The van der Waals surface area contributed by atoms with Crippen LogP contribution in [0.2, 0.25) is 5.02 Å². The Morgan fingerprint density at radius 3 is 2.65 bits per heavy atom. The zero-order chi connectivity index (χ0) is 15.3. The molecule has 1 atom stereocenters. The van der Waals surface area contributed by atoms with E-state index in [1.165, 1.54) is 6.92 Å². The predicted molar refractivity (Wildman–Crippen MR) is 79.1 cm³/mol. The number of carbonyl (C=O) groups excluding carboxylic acids is 1. The summed E-state index contributed by atoms with van der Waals surface area (Å²) in [7, 11) is 0. The van der Waals surface area contributed by atoms with Crippen LogP contribution in [0.25, 0.3) is 0 Å². The van der Waals surface area contributed by atoms with Crippen molar-refractivity contribution in [1.82, 2.24) is 5.32 Å². The van der Waals surface area contributed by atoms with Gasteiger partial charge in [-0.25, -0.2) is 4.79 Å². The minimum Gasteiger partial charge on any atom is -0.481 e. The van der Waals surface area contributed by atoms with E-state index in [2.05, 4.69) is 26.6 Å². The Kier molecular flexibility index (Phi) is 5.79. The fraction of sp³-hybridized carbons (Fsp3) is 0.333. The first kappa shape index (κ1) is 16.7. The average Bonchev–Trinajstić information content (AvgIpc) is 2.29. The highest BCUT2D eigenvalue weighted by molar-refractivity contribution is 9.10. The molecule has 0 saturated heterocycles. The highest BCUT2D eigenvalue weighted by Gasteiger charge is 2.24. The van der Waals surface area contributed by atoms with Crippen molar-refractivity contribution in [1.29, 1.82) is 0 Å². The van der Waals surface area contributed by atoms with Gasteiger partial charge in [0.1, 0.15) is 0 Å². The molecule has 4 N–H and O–H groups in total. The number of amides is 2. The summed E-state index contributed by atoms with van der Waals surface area (Å²) in [4.78, 5) is 22.2. The van der Waals surface area contributed by atoms with E-state index >= 15 is 0 Å². The average molecular weight is 366 g/mol. The summed E-state index contributed by atoms with van der Waals surface area (Å²) in [6, 6.07) is 4.29. The van der Waals surface area contributed by atoms with Gasteiger partial charge in [0.15, 0.2) is 0 Å². The number of rotatable bonds is 5. The van der Waals surface area contributed by atoms with Gasteiger partial charge < -0.3 is 20.8 Å². The summed E-state index contributed by atoms with van der Waals surface area (Å²) in [5, 5.41) is 23.8. The predicted octanol–water partition coefficient (Wildman–Crippen LogP) is 2.45. The van der Waals surface area contributed by atoms with E-state index in [9.17, 15) is 14.7 Å². The molecule has 1 aromatic rings. The monoisotopic (exact) mass is 364 g/mol. The minimum atomic E-state index is -1.51. The molecule has 6 nitrogen and oxygen atoms in total. The van der Waals surface area contributed by atoms with Crippen molar-refractivity contribution in [2.24, 2.45) is 0 Å². The maximum Gasteiger partial charge on any atom is 0.319 e. The maximum absolute atomic E-state index is 11.6. The summed E-state index contributed by atoms with van der Waals surface area (Å²) in [5.74, 6) is -1.14. The van der Waals surface area contributed by atoms with Crippen LogP contribution in [0.4, 0.5) is 10.5 Å². The molecule has 0 fully saturated rings. The maximum atomic E-state index is 11.6. The van der Waals surface area contributed by atoms with Crippen LogP contribution >= 0.6 is 27.5 Å². The van der Waals surface area contributed by atoms with Crippen LogP contribution in [0.1, 0.15) is 13.3 Å². The Labute approximate surface area is 129 Å². The number of carbonyl (C=O) groups is 2. The zero-order valence-electron chi connectivity index (χ0n) is 10.6. The highest BCUT2D eigenvalue weighted by atomic mass is 79.9. The van der Waals surface area contributed by atoms with E-state index in [0.717, 1.165) is 0 Å². The Morgan fingerprint density at radius 1 is 1.45 bits per heavy atom. The molecule has 0 spiro atoms. The molecule has 0 heterocycles. The smallest absolute Gasteiger partial charge is 0.319 e. The molecule has 110 valence electrons. The minimum absolute atomic E-state index is 0.184. The third-order valence-electron chi connectivity index (χ3n) is 2.34. The van der Waals surface area contributed by atoms with Crippen molar-refractivity contribution in [3.8, 4) is 0 Å². The van der Waals surface area contributed by atoms with Crippen LogP contribution in [0.3, 0.4) is 0 Å². The molecule has 2 amide bonds. The molecule has 8 heteroatoms. The molecule has 1 rings (SSSR count). The molecule has 0 saturated carbocycles. The van der Waals surface area contributed by atoms with Gasteiger partial charge in [0, 0.05) is 16.0 Å². The lowest BCUT2D eigenvalue weighted by atomic mass is 10.0. The van der Waals surface area contributed by atoms with Crippen LogP contribution in [-0.4, -0.2) is 34.4 Å². The highest BCUT2D eigenvalue weighted by Crippen LogP contribution is 2.25. The third kappa shape index (κ3) is 5.77. The second-order valence-corrected chi connectivity index (χ2v) is 5.79. The summed E-state index contributed by atoms with van der Waals surface area (Å²) < 4.78 is 0.609. The standard InChI is InChI=1S/C12H14BrClN2O4/c1-12(20,5-10(17)18)6-15-11(19)16-9-3-2-7(14)4-8(9)13/h2-4,20H,5-6H2,1H3,(H,17,18)(H2,15,16,19). The largest absolute Gasteiger partial charge is 0.481 e. The normalized spacial score (nSPS) is 13.4. The fourth-order valence-electron chi connectivity index (χ4n) is 1.42. The van der Waals surface area contributed by atoms with E-state index in [1.807, 2.05) is 0 Å². The number of anilines is 1. The topological polar surface area (TPSA) is 98.7 Å². The van der Waals surface area contributed by atoms with Gasteiger partial charge in [-0.2, -0.15) is 0 Å². The second-order valence-electron chi connectivity index (χ2n) is 4.50. The van der Waals surface area contributed by atoms with E-state index in [0.29, 0.717) is 15.2 Å². The van der Waals surface area contributed by atoms with E-state index in [4.69, 9.17) is 16.7 Å². The van der Waals surface area contributed by atoms with Crippen molar-refractivity contribution in [2.75, 3.05) is 11.9 Å². The molecular weight excluding hydrogens is 351 g/mol. The summed E-state index contributed by atoms with van der Waals surface area (Å²) >= 11 is 9.02. The second kappa shape index (κ2) is 6.92. The van der Waals surface area contributed by atoms with Gasteiger partial charge in [-0.15, -0.1) is 0 Å². The summed E-state index contributed by atoms with van der Waals surface area (Å²) in [6.45, 7) is 1.15. The molecule has 0 aliphatic carbocycles. The Balaban J connectivity index is 2.54. The molecule has 0 aliphatic heterocycles. The van der Waals surface area contributed by atoms with Crippen LogP contribution in [0.5, 0.6) is 0 Å².